The number of carboxylic acids is 1. The molecule has 0 aliphatic carbocycles. The Bertz CT molecular complexity index is 603. The van der Waals surface area contributed by atoms with E-state index in [1.54, 1.807) is 6.07 Å². The zero-order chi connectivity index (χ0) is 13.8. The lowest BCUT2D eigenvalue weighted by atomic mass is 10.3. The number of thioether (sulfide) groups is 1. The summed E-state index contributed by atoms with van der Waals surface area (Å²) >= 11 is 0.907. The second-order valence-electron chi connectivity index (χ2n) is 3.53. The maximum absolute atomic E-state index is 13.8. The van der Waals surface area contributed by atoms with Crippen molar-refractivity contribution in [2.45, 2.75) is 11.8 Å². The molecule has 0 amide bonds. The smallest absolute Gasteiger partial charge is 0.313 e. The van der Waals surface area contributed by atoms with Gasteiger partial charge in [-0.2, -0.15) is 0 Å². The molecule has 1 aromatic heterocycles. The number of hydrogen-bond donors (Lipinski definition) is 2. The van der Waals surface area contributed by atoms with Crippen LogP contribution in [-0.2, 0) is 11.4 Å². The number of aliphatic hydroxyl groups excluding tert-OH is 1. The van der Waals surface area contributed by atoms with E-state index in [2.05, 4.69) is 10.2 Å². The van der Waals surface area contributed by atoms with Crippen molar-refractivity contribution in [3.05, 3.63) is 35.9 Å². The molecule has 0 aliphatic heterocycles. The third-order valence-corrected chi connectivity index (χ3v) is 3.17. The van der Waals surface area contributed by atoms with Crippen LogP contribution in [0.2, 0.25) is 0 Å². The molecule has 1 heterocycles. The first-order chi connectivity index (χ1) is 9.13. The van der Waals surface area contributed by atoms with Crippen molar-refractivity contribution in [1.82, 2.24) is 14.8 Å². The van der Waals surface area contributed by atoms with E-state index in [-0.39, 0.29) is 22.4 Å². The van der Waals surface area contributed by atoms with Crippen molar-refractivity contribution in [1.29, 1.82) is 0 Å². The number of aliphatic hydroxyl groups is 1. The van der Waals surface area contributed by atoms with E-state index in [1.807, 2.05) is 0 Å². The Hall–Kier alpha value is -1.93. The van der Waals surface area contributed by atoms with Crippen molar-refractivity contribution in [3.8, 4) is 5.69 Å². The summed E-state index contributed by atoms with van der Waals surface area (Å²) in [5.41, 5.74) is 0.171. The largest absolute Gasteiger partial charge is 0.481 e. The molecular formula is C11H10FN3O3S. The van der Waals surface area contributed by atoms with E-state index in [9.17, 15) is 14.3 Å². The van der Waals surface area contributed by atoms with E-state index in [0.29, 0.717) is 0 Å². The van der Waals surface area contributed by atoms with Crippen LogP contribution < -0.4 is 0 Å². The molecule has 0 bridgehead atoms. The summed E-state index contributed by atoms with van der Waals surface area (Å²) in [7, 11) is 0. The lowest BCUT2D eigenvalue weighted by Crippen LogP contribution is -2.06. The van der Waals surface area contributed by atoms with Gasteiger partial charge in [0, 0.05) is 0 Å². The molecule has 8 heteroatoms. The van der Waals surface area contributed by atoms with Gasteiger partial charge in [-0.25, -0.2) is 4.39 Å². The van der Waals surface area contributed by atoms with Crippen LogP contribution in [0.25, 0.3) is 5.69 Å². The molecule has 0 aliphatic rings. The maximum Gasteiger partial charge on any atom is 0.313 e. The van der Waals surface area contributed by atoms with Crippen LogP contribution in [0.4, 0.5) is 4.39 Å². The molecule has 2 rings (SSSR count). The Labute approximate surface area is 111 Å². The summed E-state index contributed by atoms with van der Waals surface area (Å²) < 4.78 is 15.1. The number of aromatic nitrogens is 3. The van der Waals surface area contributed by atoms with Crippen molar-refractivity contribution in [2.75, 3.05) is 5.75 Å². The first-order valence-electron chi connectivity index (χ1n) is 5.28. The van der Waals surface area contributed by atoms with E-state index < -0.39 is 18.4 Å². The van der Waals surface area contributed by atoms with Gasteiger partial charge in [0.15, 0.2) is 11.0 Å². The van der Waals surface area contributed by atoms with Gasteiger partial charge in [-0.05, 0) is 12.1 Å². The summed E-state index contributed by atoms with van der Waals surface area (Å²) in [6.07, 6.45) is 0. The highest BCUT2D eigenvalue weighted by Gasteiger charge is 2.17. The van der Waals surface area contributed by atoms with Gasteiger partial charge in [-0.15, -0.1) is 10.2 Å². The molecule has 2 N–H and O–H groups in total. The summed E-state index contributed by atoms with van der Waals surface area (Å²) in [6, 6.07) is 5.93. The fourth-order valence-electron chi connectivity index (χ4n) is 1.50. The lowest BCUT2D eigenvalue weighted by Gasteiger charge is -2.09. The average molecular weight is 283 g/mol. The van der Waals surface area contributed by atoms with Crippen LogP contribution in [0.15, 0.2) is 29.4 Å². The molecule has 0 spiro atoms. The molecule has 100 valence electrons. The summed E-state index contributed by atoms with van der Waals surface area (Å²) in [4.78, 5) is 10.6. The number of hydrogen-bond acceptors (Lipinski definition) is 5. The highest BCUT2D eigenvalue weighted by Crippen LogP contribution is 2.23. The molecule has 0 saturated heterocycles. The van der Waals surface area contributed by atoms with E-state index in [4.69, 9.17) is 5.11 Å². The minimum atomic E-state index is -1.02. The van der Waals surface area contributed by atoms with Gasteiger partial charge in [0.05, 0.1) is 11.4 Å². The van der Waals surface area contributed by atoms with Crippen molar-refractivity contribution < 1.29 is 19.4 Å². The molecule has 0 atom stereocenters. The molecule has 1 aromatic carbocycles. The standard InChI is InChI=1S/C11H10FN3O3S/c12-7-3-1-2-4-8(7)15-9(5-16)13-14-11(15)19-6-10(17)18/h1-4,16H,5-6H2,(H,17,18). The zero-order valence-corrected chi connectivity index (χ0v) is 10.5. The monoisotopic (exact) mass is 283 g/mol. The minimum Gasteiger partial charge on any atom is -0.481 e. The van der Waals surface area contributed by atoms with Crippen molar-refractivity contribution >= 4 is 17.7 Å². The van der Waals surface area contributed by atoms with Gasteiger partial charge in [0.1, 0.15) is 12.4 Å². The fraction of sp³-hybridized carbons (Fsp3) is 0.182. The first-order valence-corrected chi connectivity index (χ1v) is 6.26. The van der Waals surface area contributed by atoms with Crippen LogP contribution in [0, 0.1) is 5.82 Å². The predicted octanol–water partition coefficient (Wildman–Crippen LogP) is 1.08. The van der Waals surface area contributed by atoms with Crippen LogP contribution in [0.3, 0.4) is 0 Å². The average Bonchev–Trinajstić information content (AvgIpc) is 2.79. The summed E-state index contributed by atoms with van der Waals surface area (Å²) in [6.45, 7) is -0.422. The Morgan fingerprint density at radius 1 is 1.37 bits per heavy atom. The number of halogens is 1. The summed E-state index contributed by atoms with van der Waals surface area (Å²) in [5.74, 6) is -1.59. The number of benzene rings is 1. The van der Waals surface area contributed by atoms with Gasteiger partial charge >= 0.3 is 5.97 Å². The van der Waals surface area contributed by atoms with Gasteiger partial charge < -0.3 is 10.2 Å². The van der Waals surface area contributed by atoms with E-state index in [1.165, 1.54) is 22.8 Å². The SMILES string of the molecule is O=C(O)CSc1nnc(CO)n1-c1ccccc1F. The Balaban J connectivity index is 2.45. The van der Waals surface area contributed by atoms with Crippen molar-refractivity contribution in [3.63, 3.8) is 0 Å². The molecular weight excluding hydrogens is 273 g/mol. The molecule has 19 heavy (non-hydrogen) atoms. The van der Waals surface area contributed by atoms with E-state index >= 15 is 0 Å². The minimum absolute atomic E-state index is 0.151. The Morgan fingerprint density at radius 2 is 2.11 bits per heavy atom. The quantitative estimate of drug-likeness (QED) is 0.798. The van der Waals surface area contributed by atoms with Gasteiger partial charge in [-0.3, -0.25) is 9.36 Å². The zero-order valence-electron chi connectivity index (χ0n) is 9.65. The highest BCUT2D eigenvalue weighted by molar-refractivity contribution is 7.99. The number of rotatable bonds is 5. The maximum atomic E-state index is 13.8. The Kier molecular flexibility index (Phi) is 4.13. The van der Waals surface area contributed by atoms with Crippen LogP contribution in [0.1, 0.15) is 5.82 Å². The van der Waals surface area contributed by atoms with Crippen molar-refractivity contribution in [2.24, 2.45) is 0 Å². The summed E-state index contributed by atoms with van der Waals surface area (Å²) in [5, 5.41) is 25.5. The molecule has 6 nitrogen and oxygen atoms in total. The molecule has 2 aromatic rings. The normalized spacial score (nSPS) is 10.6. The third kappa shape index (κ3) is 2.91. The molecule has 0 unspecified atom stereocenters. The first kappa shape index (κ1) is 13.5. The van der Waals surface area contributed by atoms with Gasteiger partial charge in [-0.1, -0.05) is 23.9 Å². The number of nitrogens with zero attached hydrogens (tertiary/aromatic N) is 3. The lowest BCUT2D eigenvalue weighted by molar-refractivity contribution is -0.133. The molecule has 0 radical (unpaired) electrons. The number of carboxylic acid groups (broad SMARTS) is 1. The third-order valence-electron chi connectivity index (χ3n) is 2.26. The topological polar surface area (TPSA) is 88.2 Å². The molecule has 0 saturated carbocycles. The second kappa shape index (κ2) is 5.81. The van der Waals surface area contributed by atoms with E-state index in [0.717, 1.165) is 11.8 Å². The predicted molar refractivity (Wildman–Crippen MR) is 65.6 cm³/mol. The Morgan fingerprint density at radius 3 is 2.74 bits per heavy atom. The highest BCUT2D eigenvalue weighted by atomic mass is 32.2. The van der Waals surface area contributed by atoms with Crippen LogP contribution >= 0.6 is 11.8 Å². The van der Waals surface area contributed by atoms with Gasteiger partial charge in [0.25, 0.3) is 0 Å². The van der Waals surface area contributed by atoms with Crippen LogP contribution in [-0.4, -0.2) is 36.7 Å². The van der Waals surface area contributed by atoms with Crippen LogP contribution in [0.5, 0.6) is 0 Å². The number of carbonyl (C=O) groups is 1. The second-order valence-corrected chi connectivity index (χ2v) is 4.47. The molecule has 0 fully saturated rings. The van der Waals surface area contributed by atoms with Gasteiger partial charge in [0.2, 0.25) is 0 Å². The number of para-hydroxylation sites is 1. The number of aliphatic carboxylic acids is 1. The fourth-order valence-corrected chi connectivity index (χ4v) is 2.18.